The highest BCUT2D eigenvalue weighted by molar-refractivity contribution is 5.90. The van der Waals surface area contributed by atoms with Gasteiger partial charge in [-0.25, -0.2) is 27.2 Å². The molecule has 0 saturated heterocycles. The Hall–Kier alpha value is -2.92. The number of H-pyrrole nitrogens is 2. The quantitative estimate of drug-likeness (QED) is 0.475. The molecule has 4 atom stereocenters. The van der Waals surface area contributed by atoms with Crippen molar-refractivity contribution < 1.29 is 36.6 Å². The number of alkyl halides is 4. The maximum Gasteiger partial charge on any atom is 0.359 e. The van der Waals surface area contributed by atoms with Crippen molar-refractivity contribution in [3.05, 3.63) is 33.9 Å². The zero-order valence-corrected chi connectivity index (χ0v) is 20.4. The minimum atomic E-state index is -2.64. The summed E-state index contributed by atoms with van der Waals surface area (Å²) in [5, 5.41) is 13.2. The molecule has 0 aromatic carbocycles. The number of esters is 2. The van der Waals surface area contributed by atoms with Crippen molar-refractivity contribution in [1.29, 1.82) is 0 Å². The fraction of sp³-hybridized carbons (Fsp3) is 0.667. The fourth-order valence-corrected chi connectivity index (χ4v) is 5.95. The Labute approximate surface area is 204 Å². The van der Waals surface area contributed by atoms with Gasteiger partial charge in [-0.05, 0) is 26.7 Å². The van der Waals surface area contributed by atoms with Crippen molar-refractivity contribution in [2.75, 3.05) is 13.2 Å². The number of carbonyl (C=O) groups is 2. The van der Waals surface area contributed by atoms with Gasteiger partial charge in [0.25, 0.3) is 11.8 Å². The van der Waals surface area contributed by atoms with Gasteiger partial charge in [-0.3, -0.25) is 10.2 Å². The normalized spacial score (nSPS) is 31.4. The molecule has 0 bridgehead atoms. The average Bonchev–Trinajstić information content (AvgIpc) is 3.24. The van der Waals surface area contributed by atoms with E-state index >= 15 is 0 Å². The van der Waals surface area contributed by atoms with E-state index in [0.717, 1.165) is 0 Å². The number of nitrogens with one attached hydrogen (secondary N) is 2. The van der Waals surface area contributed by atoms with Crippen LogP contribution in [0, 0.1) is 22.7 Å². The van der Waals surface area contributed by atoms with Gasteiger partial charge in [0.1, 0.15) is 0 Å². The van der Waals surface area contributed by atoms with Crippen molar-refractivity contribution in [2.45, 2.75) is 65.2 Å². The molecule has 8 nitrogen and oxygen atoms in total. The Morgan fingerprint density at radius 3 is 1.50 bits per heavy atom. The highest BCUT2D eigenvalue weighted by Crippen LogP contribution is 2.71. The number of nitrogens with zero attached hydrogens (tertiary/aromatic N) is 2. The molecule has 2 N–H and O–H groups in total. The molecule has 0 unspecified atom stereocenters. The Morgan fingerprint density at radius 2 is 1.17 bits per heavy atom. The molecule has 0 spiro atoms. The number of aromatic amines is 2. The molecule has 4 aliphatic carbocycles. The second-order valence-corrected chi connectivity index (χ2v) is 10.4. The molecule has 196 valence electrons. The van der Waals surface area contributed by atoms with Crippen LogP contribution in [0.15, 0.2) is 0 Å². The first-order chi connectivity index (χ1) is 16.8. The van der Waals surface area contributed by atoms with Gasteiger partial charge in [0, 0.05) is 58.0 Å². The Balaban J connectivity index is 0.000000148. The van der Waals surface area contributed by atoms with Crippen molar-refractivity contribution in [3.8, 4) is 0 Å². The molecule has 0 amide bonds. The lowest BCUT2D eigenvalue weighted by Crippen LogP contribution is -2.16. The van der Waals surface area contributed by atoms with Crippen molar-refractivity contribution in [1.82, 2.24) is 20.4 Å². The molecule has 2 heterocycles. The van der Waals surface area contributed by atoms with Crippen LogP contribution in [0.2, 0.25) is 0 Å². The average molecular weight is 513 g/mol. The molecule has 2 aromatic rings. The van der Waals surface area contributed by atoms with Crippen molar-refractivity contribution >= 4 is 11.9 Å². The van der Waals surface area contributed by atoms with E-state index in [9.17, 15) is 27.2 Å². The summed E-state index contributed by atoms with van der Waals surface area (Å²) in [4.78, 5) is 23.3. The Morgan fingerprint density at radius 1 is 0.806 bits per heavy atom. The summed E-state index contributed by atoms with van der Waals surface area (Å²) >= 11 is 0. The minimum absolute atomic E-state index is 0.164. The fourth-order valence-electron chi connectivity index (χ4n) is 5.95. The summed E-state index contributed by atoms with van der Waals surface area (Å²) in [7, 11) is 0. The van der Waals surface area contributed by atoms with Gasteiger partial charge in [-0.1, -0.05) is 13.8 Å². The standard InChI is InChI=1S/2C12H14F2N2O2/c2*1-3-18-10(17)9-6-4-8-11(2,12(8,13)14)5-7(6)15-16-9/h2*8H,3-5H2,1-2H3,(H,15,16)/t2*8-,11+/m10/s1. The number of hydrogen-bond donors (Lipinski definition) is 2. The van der Waals surface area contributed by atoms with Crippen LogP contribution < -0.4 is 0 Å². The first-order valence-electron chi connectivity index (χ1n) is 12.1. The van der Waals surface area contributed by atoms with E-state index in [4.69, 9.17) is 9.47 Å². The molecule has 2 aromatic heterocycles. The monoisotopic (exact) mass is 512 g/mol. The van der Waals surface area contributed by atoms with E-state index in [1.165, 1.54) is 0 Å². The van der Waals surface area contributed by atoms with E-state index in [2.05, 4.69) is 20.4 Å². The molecule has 12 heteroatoms. The van der Waals surface area contributed by atoms with Crippen molar-refractivity contribution in [2.24, 2.45) is 22.7 Å². The van der Waals surface area contributed by atoms with Gasteiger partial charge in [-0.2, -0.15) is 10.2 Å². The third kappa shape index (κ3) is 3.25. The van der Waals surface area contributed by atoms with Crippen LogP contribution in [-0.2, 0) is 35.2 Å². The lowest BCUT2D eigenvalue weighted by molar-refractivity contribution is 0.0507. The van der Waals surface area contributed by atoms with Gasteiger partial charge < -0.3 is 9.47 Å². The molecule has 0 radical (unpaired) electrons. The number of carbonyl (C=O) groups excluding carboxylic acids is 2. The number of ether oxygens (including phenoxy) is 2. The molecule has 2 saturated carbocycles. The third-order valence-corrected chi connectivity index (χ3v) is 8.52. The van der Waals surface area contributed by atoms with Crippen LogP contribution in [0.1, 0.15) is 71.2 Å². The number of hydrogen-bond acceptors (Lipinski definition) is 6. The van der Waals surface area contributed by atoms with Gasteiger partial charge >= 0.3 is 11.9 Å². The first-order valence-corrected chi connectivity index (χ1v) is 12.1. The second-order valence-electron chi connectivity index (χ2n) is 10.4. The number of rotatable bonds is 4. The van der Waals surface area contributed by atoms with Crippen LogP contribution in [0.4, 0.5) is 17.6 Å². The van der Waals surface area contributed by atoms with Crippen LogP contribution >= 0.6 is 0 Å². The van der Waals surface area contributed by atoms with Crippen LogP contribution in [-0.4, -0.2) is 57.4 Å². The molecular formula is C24H28F4N4O4. The Kier molecular flexibility index (Phi) is 5.36. The molecule has 4 aliphatic rings. The summed E-state index contributed by atoms with van der Waals surface area (Å²) in [6, 6.07) is 0. The van der Waals surface area contributed by atoms with Crippen molar-refractivity contribution in [3.63, 3.8) is 0 Å². The predicted molar refractivity (Wildman–Crippen MR) is 117 cm³/mol. The second kappa shape index (κ2) is 7.79. The number of aromatic nitrogens is 4. The van der Waals surface area contributed by atoms with Crippen LogP contribution in [0.3, 0.4) is 0 Å². The van der Waals surface area contributed by atoms with Gasteiger partial charge in [0.15, 0.2) is 11.4 Å². The summed E-state index contributed by atoms with van der Waals surface area (Å²) < 4.78 is 64.4. The lowest BCUT2D eigenvalue weighted by atomic mass is 9.88. The first kappa shape index (κ1) is 24.8. The van der Waals surface area contributed by atoms with E-state index in [1.54, 1.807) is 27.7 Å². The zero-order chi connectivity index (χ0) is 26.3. The minimum Gasteiger partial charge on any atom is -0.461 e. The summed E-state index contributed by atoms with van der Waals surface area (Å²) in [6.07, 6.45) is 0.881. The zero-order valence-electron chi connectivity index (χ0n) is 20.4. The molecule has 2 fully saturated rings. The highest BCUT2D eigenvalue weighted by Gasteiger charge is 2.79. The van der Waals surface area contributed by atoms with E-state index in [1.807, 2.05) is 0 Å². The Bertz CT molecular complexity index is 1150. The molecule has 36 heavy (non-hydrogen) atoms. The molecular weight excluding hydrogens is 484 g/mol. The highest BCUT2D eigenvalue weighted by atomic mass is 19.3. The molecule has 6 rings (SSSR count). The summed E-state index contributed by atoms with van der Waals surface area (Å²) in [5.74, 6) is -7.71. The predicted octanol–water partition coefficient (Wildman–Crippen LogP) is 3.91. The maximum absolute atomic E-state index is 13.7. The molecule has 0 aliphatic heterocycles. The number of fused-ring (bicyclic) bond motifs is 4. The largest absolute Gasteiger partial charge is 0.461 e. The smallest absolute Gasteiger partial charge is 0.359 e. The topological polar surface area (TPSA) is 110 Å². The SMILES string of the molecule is CCOC(=O)c1n[nH]c2c1C[C@@H]1C(F)(F)[C@]1(C)C2.CCOC(=O)c1n[nH]c2c1C[C@H]1C(F)(F)[C@@]1(C)C2. The third-order valence-electron chi connectivity index (χ3n) is 8.52. The van der Waals surface area contributed by atoms with Gasteiger partial charge in [-0.15, -0.1) is 0 Å². The lowest BCUT2D eigenvalue weighted by Gasteiger charge is -2.15. The summed E-state index contributed by atoms with van der Waals surface area (Å²) in [6.45, 7) is 7.07. The van der Waals surface area contributed by atoms with Crippen LogP contribution in [0.5, 0.6) is 0 Å². The van der Waals surface area contributed by atoms with E-state index in [-0.39, 0.29) is 50.3 Å². The maximum atomic E-state index is 13.7. The van der Waals surface area contributed by atoms with Crippen LogP contribution in [0.25, 0.3) is 0 Å². The van der Waals surface area contributed by atoms with E-state index in [0.29, 0.717) is 22.5 Å². The van der Waals surface area contributed by atoms with E-state index < -0.39 is 46.4 Å². The number of halogens is 4. The van der Waals surface area contributed by atoms with Gasteiger partial charge in [0.05, 0.1) is 13.2 Å². The summed E-state index contributed by atoms with van der Waals surface area (Å²) in [5.41, 5.74) is 0.883. The van der Waals surface area contributed by atoms with Gasteiger partial charge in [0.2, 0.25) is 0 Å².